The van der Waals surface area contributed by atoms with E-state index < -0.39 is 0 Å². The zero-order chi connectivity index (χ0) is 14.0. The van der Waals surface area contributed by atoms with Gasteiger partial charge < -0.3 is 9.84 Å². The maximum Gasteiger partial charge on any atom is 0.151 e. The third-order valence-corrected chi connectivity index (χ3v) is 5.15. The van der Waals surface area contributed by atoms with Crippen molar-refractivity contribution in [3.63, 3.8) is 0 Å². The van der Waals surface area contributed by atoms with E-state index >= 15 is 0 Å². The van der Waals surface area contributed by atoms with Gasteiger partial charge in [0.1, 0.15) is 0 Å². The number of aromatic nitrogens is 1. The molecule has 2 fully saturated rings. The van der Waals surface area contributed by atoms with Crippen molar-refractivity contribution in [2.75, 3.05) is 13.1 Å². The van der Waals surface area contributed by atoms with Gasteiger partial charge in [-0.25, -0.2) is 0 Å². The second kappa shape index (κ2) is 5.86. The Morgan fingerprint density at radius 2 is 2.20 bits per heavy atom. The van der Waals surface area contributed by atoms with Crippen LogP contribution in [0.1, 0.15) is 57.4 Å². The molecular formula is C16H27N3O. The lowest BCUT2D eigenvalue weighted by Crippen LogP contribution is -2.25. The molecule has 1 aromatic heterocycles. The van der Waals surface area contributed by atoms with E-state index in [0.717, 1.165) is 30.6 Å². The summed E-state index contributed by atoms with van der Waals surface area (Å²) >= 11 is 0. The summed E-state index contributed by atoms with van der Waals surface area (Å²) in [6.07, 6.45) is 6.52. The highest BCUT2D eigenvalue weighted by Crippen LogP contribution is 2.37. The van der Waals surface area contributed by atoms with Crippen molar-refractivity contribution in [1.82, 2.24) is 15.4 Å². The molecule has 4 heteroatoms. The lowest BCUT2D eigenvalue weighted by Gasteiger charge is -2.26. The van der Waals surface area contributed by atoms with Crippen LogP contribution in [0.25, 0.3) is 0 Å². The van der Waals surface area contributed by atoms with E-state index in [1.54, 1.807) is 0 Å². The molecule has 20 heavy (non-hydrogen) atoms. The Morgan fingerprint density at radius 1 is 1.40 bits per heavy atom. The van der Waals surface area contributed by atoms with E-state index in [1.807, 2.05) is 0 Å². The van der Waals surface area contributed by atoms with Crippen LogP contribution in [0.5, 0.6) is 0 Å². The van der Waals surface area contributed by atoms with Crippen LogP contribution in [0.3, 0.4) is 0 Å². The van der Waals surface area contributed by atoms with Crippen molar-refractivity contribution in [3.05, 3.63) is 17.5 Å². The Labute approximate surface area is 121 Å². The highest BCUT2D eigenvalue weighted by atomic mass is 16.5. The maximum atomic E-state index is 5.48. The molecule has 0 radical (unpaired) electrons. The molecule has 112 valence electrons. The van der Waals surface area contributed by atoms with Gasteiger partial charge in [-0.2, -0.15) is 0 Å². The molecule has 2 aliphatic rings. The largest absolute Gasteiger partial charge is 0.360 e. The zero-order valence-corrected chi connectivity index (χ0v) is 12.8. The average Bonchev–Trinajstić information content (AvgIpc) is 3.05. The second-order valence-corrected chi connectivity index (χ2v) is 6.61. The van der Waals surface area contributed by atoms with Gasteiger partial charge in [0.15, 0.2) is 5.76 Å². The quantitative estimate of drug-likeness (QED) is 0.832. The molecule has 1 aliphatic heterocycles. The Morgan fingerprint density at radius 3 is 2.85 bits per heavy atom. The number of nitrogens with one attached hydrogen (secondary N) is 1. The molecule has 1 saturated heterocycles. The summed E-state index contributed by atoms with van der Waals surface area (Å²) in [6.45, 7) is 8.81. The molecule has 1 aliphatic carbocycles. The predicted octanol–water partition coefficient (Wildman–Crippen LogP) is 2.94. The lowest BCUT2D eigenvalue weighted by molar-refractivity contribution is 0.218. The summed E-state index contributed by atoms with van der Waals surface area (Å²) in [5.74, 6) is 1.01. The van der Waals surface area contributed by atoms with Crippen LogP contribution >= 0.6 is 0 Å². The monoisotopic (exact) mass is 277 g/mol. The first kappa shape index (κ1) is 14.1. The van der Waals surface area contributed by atoms with Crippen molar-refractivity contribution in [3.8, 4) is 0 Å². The Hall–Kier alpha value is -0.870. The van der Waals surface area contributed by atoms with Gasteiger partial charge in [0.05, 0.1) is 12.2 Å². The Kier molecular flexibility index (Phi) is 4.13. The third-order valence-electron chi connectivity index (χ3n) is 5.15. The number of nitrogens with zero attached hydrogens (tertiary/aromatic N) is 2. The summed E-state index contributed by atoms with van der Waals surface area (Å²) in [6, 6.07) is 2.84. The van der Waals surface area contributed by atoms with Gasteiger partial charge in [-0.05, 0) is 44.1 Å². The number of hydrogen-bond acceptors (Lipinski definition) is 4. The maximum absolute atomic E-state index is 5.48. The van der Waals surface area contributed by atoms with E-state index in [9.17, 15) is 0 Å². The molecular weight excluding hydrogens is 250 g/mol. The lowest BCUT2D eigenvalue weighted by atomic mass is 9.82. The van der Waals surface area contributed by atoms with Crippen molar-refractivity contribution in [2.24, 2.45) is 5.41 Å². The highest BCUT2D eigenvalue weighted by Gasteiger charge is 2.35. The smallest absolute Gasteiger partial charge is 0.151 e. The molecule has 0 amide bonds. The van der Waals surface area contributed by atoms with Crippen molar-refractivity contribution in [2.45, 2.75) is 65.1 Å². The molecule has 0 spiro atoms. The highest BCUT2D eigenvalue weighted by molar-refractivity contribution is 5.06. The molecule has 0 atom stereocenters. The van der Waals surface area contributed by atoms with Gasteiger partial charge in [0.25, 0.3) is 0 Å². The summed E-state index contributed by atoms with van der Waals surface area (Å²) in [5.41, 5.74) is 1.58. The SMILES string of the molecule is CCC1(CC)CCN(Cc2cc(CNC3CC3)no2)C1. The summed E-state index contributed by atoms with van der Waals surface area (Å²) in [4.78, 5) is 2.52. The van der Waals surface area contributed by atoms with Crippen LogP contribution in [0.15, 0.2) is 10.6 Å². The molecule has 0 unspecified atom stereocenters. The average molecular weight is 277 g/mol. The summed E-state index contributed by atoms with van der Waals surface area (Å²) < 4.78 is 5.48. The van der Waals surface area contributed by atoms with Crippen molar-refractivity contribution < 1.29 is 4.52 Å². The predicted molar refractivity (Wildman–Crippen MR) is 79.3 cm³/mol. The van der Waals surface area contributed by atoms with Crippen LogP contribution in [0, 0.1) is 5.41 Å². The standard InChI is InChI=1S/C16H27N3O/c1-3-16(4-2)7-8-19(12-16)11-15-9-14(18-20-15)10-17-13-5-6-13/h9,13,17H,3-8,10-12H2,1-2H3. The van der Waals surface area contributed by atoms with Crippen LogP contribution in [0.2, 0.25) is 0 Å². The van der Waals surface area contributed by atoms with Crippen molar-refractivity contribution >= 4 is 0 Å². The topological polar surface area (TPSA) is 41.3 Å². The number of hydrogen-bond donors (Lipinski definition) is 1. The van der Waals surface area contributed by atoms with Gasteiger partial charge in [-0.1, -0.05) is 19.0 Å². The summed E-state index contributed by atoms with van der Waals surface area (Å²) in [5, 5.41) is 7.65. The minimum atomic E-state index is 0.538. The van der Waals surface area contributed by atoms with E-state index in [0.29, 0.717) is 5.41 Å². The van der Waals surface area contributed by atoms with Gasteiger partial charge in [-0.3, -0.25) is 4.90 Å². The van der Waals surface area contributed by atoms with Gasteiger partial charge in [0.2, 0.25) is 0 Å². The molecule has 1 aromatic rings. The van der Waals surface area contributed by atoms with E-state index in [2.05, 4.69) is 35.3 Å². The first-order valence-corrected chi connectivity index (χ1v) is 8.13. The van der Waals surface area contributed by atoms with Crippen LogP contribution in [-0.4, -0.2) is 29.2 Å². The fourth-order valence-electron chi connectivity index (χ4n) is 3.26. The van der Waals surface area contributed by atoms with E-state index in [1.165, 1.54) is 45.2 Å². The Balaban J connectivity index is 1.50. The van der Waals surface area contributed by atoms with Gasteiger partial charge in [-0.15, -0.1) is 0 Å². The molecule has 0 bridgehead atoms. The normalized spacial score (nSPS) is 22.5. The molecule has 1 saturated carbocycles. The third kappa shape index (κ3) is 3.23. The molecule has 4 nitrogen and oxygen atoms in total. The van der Waals surface area contributed by atoms with Crippen molar-refractivity contribution in [1.29, 1.82) is 0 Å². The first-order chi connectivity index (χ1) is 9.73. The molecule has 3 rings (SSSR count). The first-order valence-electron chi connectivity index (χ1n) is 8.13. The molecule has 1 N–H and O–H groups in total. The minimum Gasteiger partial charge on any atom is -0.360 e. The van der Waals surface area contributed by atoms with Gasteiger partial charge in [0, 0.05) is 25.2 Å². The number of likely N-dealkylation sites (tertiary alicyclic amines) is 1. The minimum absolute atomic E-state index is 0.538. The molecule has 2 heterocycles. The Bertz CT molecular complexity index is 435. The van der Waals surface area contributed by atoms with Crippen LogP contribution in [-0.2, 0) is 13.1 Å². The molecule has 0 aromatic carbocycles. The van der Waals surface area contributed by atoms with Gasteiger partial charge >= 0.3 is 0 Å². The van der Waals surface area contributed by atoms with E-state index in [4.69, 9.17) is 4.52 Å². The second-order valence-electron chi connectivity index (χ2n) is 6.61. The fraction of sp³-hybridized carbons (Fsp3) is 0.812. The van der Waals surface area contributed by atoms with E-state index in [-0.39, 0.29) is 0 Å². The fourth-order valence-corrected chi connectivity index (χ4v) is 3.26. The van der Waals surface area contributed by atoms with Crippen LogP contribution in [0.4, 0.5) is 0 Å². The zero-order valence-electron chi connectivity index (χ0n) is 12.8. The number of rotatable bonds is 7. The summed E-state index contributed by atoms with van der Waals surface area (Å²) in [7, 11) is 0. The van der Waals surface area contributed by atoms with Crippen LogP contribution < -0.4 is 5.32 Å².